The van der Waals surface area contributed by atoms with Crippen molar-refractivity contribution in [3.63, 3.8) is 0 Å². The van der Waals surface area contributed by atoms with Gasteiger partial charge in [0, 0.05) is 6.08 Å². The largest absolute Gasteiger partial charge is 0.478 e. The predicted octanol–water partition coefficient (Wildman–Crippen LogP) is 4.34. The van der Waals surface area contributed by atoms with E-state index < -0.39 is 5.97 Å². The molecule has 1 aromatic rings. The van der Waals surface area contributed by atoms with Crippen molar-refractivity contribution in [3.8, 4) is 0 Å². The molecule has 1 rings (SSSR count). The van der Waals surface area contributed by atoms with Crippen LogP contribution in [-0.2, 0) is 4.79 Å². The zero-order valence-electron chi connectivity index (χ0n) is 10.8. The number of aliphatic carboxylic acids is 1. The minimum absolute atomic E-state index is 0.833. The highest BCUT2D eigenvalue weighted by atomic mass is 16.4. The smallest absolute Gasteiger partial charge is 0.327 e. The van der Waals surface area contributed by atoms with E-state index in [-0.39, 0.29) is 0 Å². The molecule has 0 saturated heterocycles. The summed E-state index contributed by atoms with van der Waals surface area (Å²) in [6, 6.07) is 10.0. The molecule has 0 saturated carbocycles. The standard InChI is InChI=1S/C8H8.C5H8.C3H4O2/c1-2-8-6-4-3-5-7-8;1-4-5(2)3;1-2-3(4)5/h2-7H,1H2;4H,1-2H2,3H3;2H,1H2,(H,4,5). The van der Waals surface area contributed by atoms with Crippen molar-refractivity contribution in [3.05, 3.63) is 79.9 Å². The van der Waals surface area contributed by atoms with Gasteiger partial charge in [0.1, 0.15) is 0 Å². The van der Waals surface area contributed by atoms with Gasteiger partial charge in [-0.25, -0.2) is 4.79 Å². The maximum atomic E-state index is 9.25. The van der Waals surface area contributed by atoms with Gasteiger partial charge in [0.25, 0.3) is 0 Å². The first-order chi connectivity index (χ1) is 8.47. The Hall–Kier alpha value is -2.35. The van der Waals surface area contributed by atoms with Crippen LogP contribution in [0, 0.1) is 0 Å². The SMILES string of the molecule is C=CC(=C)C.C=CC(=O)O.C=Cc1ccccc1. The Morgan fingerprint density at radius 2 is 1.50 bits per heavy atom. The molecule has 0 radical (unpaired) electrons. The summed E-state index contributed by atoms with van der Waals surface area (Å²) in [6.07, 6.45) is 4.39. The molecule has 18 heavy (non-hydrogen) atoms. The van der Waals surface area contributed by atoms with Gasteiger partial charge in [0.05, 0.1) is 0 Å². The molecule has 0 bridgehead atoms. The van der Waals surface area contributed by atoms with E-state index in [1.165, 1.54) is 5.56 Å². The van der Waals surface area contributed by atoms with E-state index >= 15 is 0 Å². The maximum absolute atomic E-state index is 9.25. The first-order valence-corrected chi connectivity index (χ1v) is 5.28. The number of benzene rings is 1. The third kappa shape index (κ3) is 16.1. The summed E-state index contributed by atoms with van der Waals surface area (Å²) < 4.78 is 0. The molecule has 0 amide bonds. The molecular formula is C16H20O2. The number of carboxylic acids is 1. The number of hydrogen-bond acceptors (Lipinski definition) is 1. The predicted molar refractivity (Wildman–Crippen MR) is 79.4 cm³/mol. The fraction of sp³-hybridized carbons (Fsp3) is 0.0625. The van der Waals surface area contributed by atoms with Crippen LogP contribution in [0.2, 0.25) is 0 Å². The lowest BCUT2D eigenvalue weighted by Gasteiger charge is -1.85. The van der Waals surface area contributed by atoms with Crippen molar-refractivity contribution < 1.29 is 9.90 Å². The molecule has 0 unspecified atom stereocenters. The van der Waals surface area contributed by atoms with Crippen LogP contribution in [0.15, 0.2) is 74.4 Å². The Balaban J connectivity index is 0. The van der Waals surface area contributed by atoms with Gasteiger partial charge in [-0.15, -0.1) is 0 Å². The summed E-state index contributed by atoms with van der Waals surface area (Å²) in [7, 11) is 0. The molecule has 0 fully saturated rings. The van der Waals surface area contributed by atoms with Gasteiger partial charge < -0.3 is 5.11 Å². The van der Waals surface area contributed by atoms with Crippen molar-refractivity contribution in [2.75, 3.05) is 0 Å². The van der Waals surface area contributed by atoms with E-state index in [2.05, 4.69) is 26.3 Å². The Morgan fingerprint density at radius 1 is 1.11 bits per heavy atom. The highest BCUT2D eigenvalue weighted by molar-refractivity contribution is 5.78. The van der Waals surface area contributed by atoms with Gasteiger partial charge in [-0.05, 0) is 12.5 Å². The molecule has 0 heterocycles. The normalized spacial score (nSPS) is 7.39. The fourth-order valence-corrected chi connectivity index (χ4v) is 0.589. The third-order valence-electron chi connectivity index (χ3n) is 1.56. The summed E-state index contributed by atoms with van der Waals surface area (Å²) in [4.78, 5) is 9.25. The molecule has 0 aromatic heterocycles. The lowest BCUT2D eigenvalue weighted by atomic mass is 10.2. The van der Waals surface area contributed by atoms with Gasteiger partial charge >= 0.3 is 5.97 Å². The van der Waals surface area contributed by atoms with Gasteiger partial charge in [-0.2, -0.15) is 0 Å². The average Bonchev–Trinajstić information content (AvgIpc) is 2.41. The van der Waals surface area contributed by atoms with E-state index in [0.717, 1.165) is 11.6 Å². The monoisotopic (exact) mass is 244 g/mol. The Bertz CT molecular complexity index is 371. The van der Waals surface area contributed by atoms with E-state index in [1.807, 2.05) is 43.3 Å². The van der Waals surface area contributed by atoms with Crippen LogP contribution in [0.5, 0.6) is 0 Å². The van der Waals surface area contributed by atoms with Crippen LogP contribution in [0.4, 0.5) is 0 Å². The molecule has 1 N–H and O–H groups in total. The summed E-state index contributed by atoms with van der Waals surface area (Å²) in [5, 5.41) is 7.60. The lowest BCUT2D eigenvalue weighted by Crippen LogP contribution is -1.82. The first-order valence-electron chi connectivity index (χ1n) is 5.28. The average molecular weight is 244 g/mol. The van der Waals surface area contributed by atoms with E-state index in [0.29, 0.717) is 0 Å². The molecule has 0 aliphatic carbocycles. The van der Waals surface area contributed by atoms with E-state index in [1.54, 1.807) is 6.08 Å². The third-order valence-corrected chi connectivity index (χ3v) is 1.56. The Kier molecular flexibility index (Phi) is 12.7. The summed E-state index contributed by atoms with van der Waals surface area (Å²) in [5.41, 5.74) is 2.19. The maximum Gasteiger partial charge on any atom is 0.327 e. The van der Waals surface area contributed by atoms with Crippen LogP contribution in [0.3, 0.4) is 0 Å². The van der Waals surface area contributed by atoms with Crippen molar-refractivity contribution in [1.82, 2.24) is 0 Å². The van der Waals surface area contributed by atoms with Gasteiger partial charge in [-0.1, -0.05) is 74.4 Å². The summed E-state index contributed by atoms with van der Waals surface area (Å²) >= 11 is 0. The molecule has 1 aromatic carbocycles. The van der Waals surface area contributed by atoms with Gasteiger partial charge in [0.15, 0.2) is 0 Å². The molecule has 2 nitrogen and oxygen atoms in total. The van der Waals surface area contributed by atoms with Crippen LogP contribution in [0.25, 0.3) is 6.08 Å². The number of carbonyl (C=O) groups is 1. The summed E-state index contributed by atoms with van der Waals surface area (Å²) in [5.74, 6) is -0.981. The highest BCUT2D eigenvalue weighted by Gasteiger charge is 1.75. The zero-order valence-corrected chi connectivity index (χ0v) is 10.8. The highest BCUT2D eigenvalue weighted by Crippen LogP contribution is 1.97. The lowest BCUT2D eigenvalue weighted by molar-refractivity contribution is -0.131. The minimum Gasteiger partial charge on any atom is -0.478 e. The number of allylic oxidation sites excluding steroid dienone is 2. The van der Waals surface area contributed by atoms with Gasteiger partial charge in [0.2, 0.25) is 0 Å². The van der Waals surface area contributed by atoms with Crippen molar-refractivity contribution >= 4 is 12.0 Å². The van der Waals surface area contributed by atoms with Gasteiger partial charge in [-0.3, -0.25) is 0 Å². The second-order valence-electron chi connectivity index (χ2n) is 3.21. The molecule has 0 aliphatic rings. The molecule has 0 aliphatic heterocycles. The second kappa shape index (κ2) is 12.7. The zero-order chi connectivity index (χ0) is 14.4. The fourth-order valence-electron chi connectivity index (χ4n) is 0.589. The van der Waals surface area contributed by atoms with Crippen LogP contribution < -0.4 is 0 Å². The van der Waals surface area contributed by atoms with Crippen molar-refractivity contribution in [2.24, 2.45) is 0 Å². The summed E-state index contributed by atoms with van der Waals surface area (Å²) in [6.45, 7) is 15.5. The van der Waals surface area contributed by atoms with Crippen molar-refractivity contribution in [1.29, 1.82) is 0 Å². The second-order valence-corrected chi connectivity index (χ2v) is 3.21. The molecule has 0 spiro atoms. The Morgan fingerprint density at radius 3 is 1.67 bits per heavy atom. The van der Waals surface area contributed by atoms with E-state index in [9.17, 15) is 4.79 Å². The topological polar surface area (TPSA) is 37.3 Å². The molecule has 96 valence electrons. The number of carboxylic acid groups (broad SMARTS) is 1. The quantitative estimate of drug-likeness (QED) is 0.634. The van der Waals surface area contributed by atoms with E-state index in [4.69, 9.17) is 5.11 Å². The number of hydrogen-bond donors (Lipinski definition) is 1. The molecular weight excluding hydrogens is 224 g/mol. The van der Waals surface area contributed by atoms with Crippen LogP contribution in [-0.4, -0.2) is 11.1 Å². The number of rotatable bonds is 3. The minimum atomic E-state index is -0.981. The van der Waals surface area contributed by atoms with Crippen LogP contribution in [0.1, 0.15) is 12.5 Å². The molecule has 0 atom stereocenters. The Labute approximate surface area is 109 Å². The van der Waals surface area contributed by atoms with Crippen molar-refractivity contribution in [2.45, 2.75) is 6.92 Å². The first kappa shape index (κ1) is 18.0. The van der Waals surface area contributed by atoms with Crippen LogP contribution >= 0.6 is 0 Å². The molecule has 2 heteroatoms.